The number of nitro groups is 1. The van der Waals surface area contributed by atoms with Crippen molar-refractivity contribution in [2.24, 2.45) is 5.10 Å². The van der Waals surface area contributed by atoms with Crippen LogP contribution >= 0.6 is 0 Å². The van der Waals surface area contributed by atoms with E-state index in [1.54, 1.807) is 12.1 Å². The minimum atomic E-state index is -0.514. The first kappa shape index (κ1) is 14.3. The number of amides is 1. The molecule has 1 N–H and O–H groups in total. The number of hydrogen-bond donors (Lipinski definition) is 1. The molecule has 0 fully saturated rings. The number of hydrazone groups is 1. The smallest absolute Gasteiger partial charge is 0.277 e. The Morgan fingerprint density at radius 2 is 2.14 bits per heavy atom. The summed E-state index contributed by atoms with van der Waals surface area (Å²) in [7, 11) is 0. The van der Waals surface area contributed by atoms with Crippen LogP contribution in [0.4, 0.5) is 5.69 Å². The van der Waals surface area contributed by atoms with Crippen molar-refractivity contribution in [1.29, 1.82) is 0 Å². The van der Waals surface area contributed by atoms with Gasteiger partial charge in [0.1, 0.15) is 11.5 Å². The van der Waals surface area contributed by atoms with Crippen LogP contribution in [0.25, 0.3) is 0 Å². The van der Waals surface area contributed by atoms with Crippen LogP contribution in [0.15, 0.2) is 52.2 Å². The second-order valence-corrected chi connectivity index (χ2v) is 3.85. The van der Waals surface area contributed by atoms with Gasteiger partial charge in [-0.1, -0.05) is 0 Å². The van der Waals surface area contributed by atoms with Gasteiger partial charge in [0, 0.05) is 12.1 Å². The van der Waals surface area contributed by atoms with E-state index in [0.29, 0.717) is 11.5 Å². The van der Waals surface area contributed by atoms with Crippen molar-refractivity contribution in [3.8, 4) is 5.75 Å². The second-order valence-electron chi connectivity index (χ2n) is 3.85. The van der Waals surface area contributed by atoms with Crippen molar-refractivity contribution in [3.63, 3.8) is 0 Å². The van der Waals surface area contributed by atoms with Gasteiger partial charge in [0.2, 0.25) is 0 Å². The summed E-state index contributed by atoms with van der Waals surface area (Å²) in [5, 5.41) is 14.1. The van der Waals surface area contributed by atoms with Crippen molar-refractivity contribution in [3.05, 3.63) is 58.5 Å². The van der Waals surface area contributed by atoms with E-state index in [9.17, 15) is 14.9 Å². The molecule has 0 saturated heterocycles. The number of ether oxygens (including phenoxy) is 1. The minimum absolute atomic E-state index is 0.0464. The lowest BCUT2D eigenvalue weighted by molar-refractivity contribution is -0.384. The molecule has 8 heteroatoms. The number of hydrogen-bond acceptors (Lipinski definition) is 6. The van der Waals surface area contributed by atoms with E-state index in [4.69, 9.17) is 9.15 Å². The van der Waals surface area contributed by atoms with Gasteiger partial charge in [0.25, 0.3) is 11.6 Å². The Labute approximate surface area is 119 Å². The third kappa shape index (κ3) is 4.46. The van der Waals surface area contributed by atoms with E-state index in [0.717, 1.165) is 0 Å². The first-order valence-corrected chi connectivity index (χ1v) is 5.88. The molecule has 108 valence electrons. The van der Waals surface area contributed by atoms with E-state index >= 15 is 0 Å². The molecule has 0 atom stereocenters. The highest BCUT2D eigenvalue weighted by Crippen LogP contribution is 2.16. The summed E-state index contributed by atoms with van der Waals surface area (Å²) < 4.78 is 10.1. The average molecular weight is 289 g/mol. The number of nitrogens with zero attached hydrogens (tertiary/aromatic N) is 2. The first-order chi connectivity index (χ1) is 10.1. The molecule has 21 heavy (non-hydrogen) atoms. The third-order valence-corrected chi connectivity index (χ3v) is 2.34. The van der Waals surface area contributed by atoms with Gasteiger partial charge >= 0.3 is 0 Å². The van der Waals surface area contributed by atoms with E-state index in [1.807, 2.05) is 0 Å². The minimum Gasteiger partial charge on any atom is -0.484 e. The van der Waals surface area contributed by atoms with E-state index < -0.39 is 10.8 Å². The monoisotopic (exact) mass is 289 g/mol. The van der Waals surface area contributed by atoms with Crippen molar-refractivity contribution in [2.45, 2.75) is 0 Å². The summed E-state index contributed by atoms with van der Waals surface area (Å²) in [6, 6.07) is 8.80. The van der Waals surface area contributed by atoms with E-state index in [2.05, 4.69) is 10.5 Å². The fraction of sp³-hybridized carbons (Fsp3) is 0.0769. The highest BCUT2D eigenvalue weighted by Gasteiger charge is 2.06. The predicted octanol–water partition coefficient (Wildman–Crippen LogP) is 1.72. The van der Waals surface area contributed by atoms with Crippen LogP contribution in [0.3, 0.4) is 0 Å². The molecule has 0 aliphatic carbocycles. The summed E-state index contributed by atoms with van der Waals surface area (Å²) >= 11 is 0. The maximum absolute atomic E-state index is 11.4. The summed E-state index contributed by atoms with van der Waals surface area (Å²) in [4.78, 5) is 21.4. The first-order valence-electron chi connectivity index (χ1n) is 5.88. The van der Waals surface area contributed by atoms with E-state index in [1.165, 1.54) is 36.7 Å². The second kappa shape index (κ2) is 6.85. The molecule has 1 heterocycles. The molecule has 2 rings (SSSR count). The molecule has 0 aliphatic rings. The summed E-state index contributed by atoms with van der Waals surface area (Å²) in [6.07, 6.45) is 2.84. The summed E-state index contributed by atoms with van der Waals surface area (Å²) in [6.45, 7) is -0.257. The molecule has 1 aromatic carbocycles. The molecular formula is C13H11N3O5. The highest BCUT2D eigenvalue weighted by molar-refractivity contribution is 5.81. The van der Waals surface area contributed by atoms with Gasteiger partial charge in [0.15, 0.2) is 6.61 Å². The van der Waals surface area contributed by atoms with E-state index in [-0.39, 0.29) is 12.3 Å². The third-order valence-electron chi connectivity index (χ3n) is 2.34. The zero-order valence-corrected chi connectivity index (χ0v) is 10.8. The maximum Gasteiger partial charge on any atom is 0.277 e. The van der Waals surface area contributed by atoms with Crippen molar-refractivity contribution in [2.75, 3.05) is 6.61 Å². The largest absolute Gasteiger partial charge is 0.484 e. The molecule has 0 aliphatic heterocycles. The Hall–Kier alpha value is -3.16. The maximum atomic E-state index is 11.4. The lowest BCUT2D eigenvalue weighted by Crippen LogP contribution is -2.24. The van der Waals surface area contributed by atoms with Crippen LogP contribution in [-0.4, -0.2) is 23.7 Å². The molecule has 0 spiro atoms. The van der Waals surface area contributed by atoms with Gasteiger partial charge in [-0.05, 0) is 24.3 Å². The molecule has 2 aromatic rings. The zero-order valence-electron chi connectivity index (χ0n) is 10.8. The summed E-state index contributed by atoms with van der Waals surface area (Å²) in [5.41, 5.74) is 2.21. The molecule has 1 aromatic heterocycles. The Morgan fingerprint density at radius 1 is 1.38 bits per heavy atom. The number of non-ortho nitro benzene ring substituents is 1. The van der Waals surface area contributed by atoms with Gasteiger partial charge in [-0.3, -0.25) is 14.9 Å². The van der Waals surface area contributed by atoms with Gasteiger partial charge in [-0.2, -0.15) is 5.10 Å². The number of furan rings is 1. The van der Waals surface area contributed by atoms with Crippen LogP contribution < -0.4 is 10.2 Å². The van der Waals surface area contributed by atoms with Gasteiger partial charge in [-0.25, -0.2) is 5.43 Å². The molecule has 0 bridgehead atoms. The standard InChI is InChI=1S/C13H11N3O5/c17-13(15-14-8-12-2-1-7-20-12)9-21-11-5-3-10(4-6-11)16(18)19/h1-8H,9H2,(H,15,17). The van der Waals surface area contributed by atoms with Crippen LogP contribution in [-0.2, 0) is 4.79 Å². The quantitative estimate of drug-likeness (QED) is 0.495. The van der Waals surface area contributed by atoms with Crippen LogP contribution in [0.1, 0.15) is 5.76 Å². The summed E-state index contributed by atoms with van der Waals surface area (Å²) in [5.74, 6) is 0.397. The Bertz CT molecular complexity index is 634. The van der Waals surface area contributed by atoms with Gasteiger partial charge in [-0.15, -0.1) is 0 Å². The Morgan fingerprint density at radius 3 is 2.76 bits per heavy atom. The number of rotatable bonds is 6. The molecule has 0 saturated carbocycles. The Balaban J connectivity index is 1.77. The van der Waals surface area contributed by atoms with Crippen molar-refractivity contribution in [1.82, 2.24) is 5.43 Å². The fourth-order valence-electron chi connectivity index (χ4n) is 1.38. The normalized spacial score (nSPS) is 10.5. The van der Waals surface area contributed by atoms with Crippen molar-refractivity contribution < 1.29 is 18.9 Å². The number of carbonyl (C=O) groups is 1. The Kier molecular flexibility index (Phi) is 4.65. The molecular weight excluding hydrogens is 278 g/mol. The van der Waals surface area contributed by atoms with Crippen LogP contribution in [0.5, 0.6) is 5.75 Å². The molecule has 8 nitrogen and oxygen atoms in total. The lowest BCUT2D eigenvalue weighted by atomic mass is 10.3. The zero-order chi connectivity index (χ0) is 15.1. The number of benzene rings is 1. The van der Waals surface area contributed by atoms with Gasteiger partial charge in [0.05, 0.1) is 17.4 Å². The van der Waals surface area contributed by atoms with Crippen molar-refractivity contribution >= 4 is 17.8 Å². The lowest BCUT2D eigenvalue weighted by Gasteiger charge is -2.04. The van der Waals surface area contributed by atoms with Gasteiger partial charge < -0.3 is 9.15 Å². The molecule has 0 radical (unpaired) electrons. The van der Waals surface area contributed by atoms with Crippen LogP contribution in [0.2, 0.25) is 0 Å². The SMILES string of the molecule is O=C(COc1ccc([N+](=O)[O-])cc1)NN=Cc1ccco1. The van der Waals surface area contributed by atoms with Crippen LogP contribution in [0, 0.1) is 10.1 Å². The molecule has 1 amide bonds. The average Bonchev–Trinajstić information content (AvgIpc) is 2.99. The number of nitro benzene ring substituents is 1. The number of nitrogens with one attached hydrogen (secondary N) is 1. The number of carbonyl (C=O) groups excluding carboxylic acids is 1. The predicted molar refractivity (Wildman–Crippen MR) is 73.0 cm³/mol. The molecule has 0 unspecified atom stereocenters. The topological polar surface area (TPSA) is 107 Å². The fourth-order valence-corrected chi connectivity index (χ4v) is 1.38. The highest BCUT2D eigenvalue weighted by atomic mass is 16.6.